The molecule has 0 aromatic heterocycles. The zero-order chi connectivity index (χ0) is 20.8. The normalized spacial score (nSPS) is 16.1. The molecule has 1 N–H and O–H groups in total. The summed E-state index contributed by atoms with van der Waals surface area (Å²) in [4.78, 5) is 27.0. The summed E-state index contributed by atoms with van der Waals surface area (Å²) in [7, 11) is 0. The van der Waals surface area contributed by atoms with E-state index in [2.05, 4.69) is 29.6 Å². The van der Waals surface area contributed by atoms with Crippen LogP contribution in [0.25, 0.3) is 0 Å². The Labute approximate surface area is 177 Å². The lowest BCUT2D eigenvalue weighted by Crippen LogP contribution is -2.32. The van der Waals surface area contributed by atoms with Crippen molar-refractivity contribution in [1.29, 1.82) is 0 Å². The van der Waals surface area contributed by atoms with Crippen molar-refractivity contribution in [2.75, 3.05) is 18.0 Å². The lowest BCUT2D eigenvalue weighted by molar-refractivity contribution is -0.122. The number of para-hydroxylation sites is 1. The van der Waals surface area contributed by atoms with E-state index in [-0.39, 0.29) is 23.7 Å². The standard InChI is InChI=1S/C26H26N2O2/c29-25(17-24(21-10-4-1-5-11-21)22-12-6-2-7-13-22)27-18-20-16-26(30)28(19-20)23-14-8-3-9-15-23/h1-15,20,24H,16-19H2,(H,27,29). The third kappa shape index (κ3) is 4.77. The molecular formula is C26H26N2O2. The highest BCUT2D eigenvalue weighted by Crippen LogP contribution is 2.28. The van der Waals surface area contributed by atoms with Gasteiger partial charge in [0.2, 0.25) is 11.8 Å². The van der Waals surface area contributed by atoms with Crippen molar-refractivity contribution in [2.45, 2.75) is 18.8 Å². The van der Waals surface area contributed by atoms with Crippen LogP contribution in [-0.2, 0) is 9.59 Å². The summed E-state index contributed by atoms with van der Waals surface area (Å²) < 4.78 is 0. The van der Waals surface area contributed by atoms with Gasteiger partial charge in [0.15, 0.2) is 0 Å². The van der Waals surface area contributed by atoms with Gasteiger partial charge in [-0.2, -0.15) is 0 Å². The van der Waals surface area contributed by atoms with E-state index >= 15 is 0 Å². The van der Waals surface area contributed by atoms with Gasteiger partial charge in [-0.1, -0.05) is 78.9 Å². The number of benzene rings is 3. The predicted molar refractivity (Wildman–Crippen MR) is 119 cm³/mol. The summed E-state index contributed by atoms with van der Waals surface area (Å²) in [6.45, 7) is 1.16. The molecule has 152 valence electrons. The highest BCUT2D eigenvalue weighted by molar-refractivity contribution is 5.95. The van der Waals surface area contributed by atoms with Gasteiger partial charge in [-0.25, -0.2) is 0 Å². The van der Waals surface area contributed by atoms with E-state index in [1.165, 1.54) is 0 Å². The zero-order valence-corrected chi connectivity index (χ0v) is 16.9. The van der Waals surface area contributed by atoms with E-state index in [0.29, 0.717) is 25.9 Å². The molecule has 3 aromatic rings. The Kier molecular flexibility index (Phi) is 6.23. The lowest BCUT2D eigenvalue weighted by atomic mass is 9.88. The quantitative estimate of drug-likeness (QED) is 0.642. The molecule has 0 radical (unpaired) electrons. The van der Waals surface area contributed by atoms with Gasteiger partial charge >= 0.3 is 0 Å². The molecule has 1 unspecified atom stereocenters. The van der Waals surface area contributed by atoms with Gasteiger partial charge in [0, 0.05) is 43.5 Å². The first-order chi connectivity index (χ1) is 14.7. The second-order valence-electron chi connectivity index (χ2n) is 7.79. The average Bonchev–Trinajstić information content (AvgIpc) is 3.18. The summed E-state index contributed by atoms with van der Waals surface area (Å²) in [5.41, 5.74) is 3.18. The largest absolute Gasteiger partial charge is 0.356 e. The Hall–Kier alpha value is -3.40. The topological polar surface area (TPSA) is 49.4 Å². The highest BCUT2D eigenvalue weighted by atomic mass is 16.2. The molecule has 1 saturated heterocycles. The molecule has 1 heterocycles. The van der Waals surface area contributed by atoms with Crippen molar-refractivity contribution in [3.63, 3.8) is 0 Å². The van der Waals surface area contributed by atoms with Gasteiger partial charge in [0.1, 0.15) is 0 Å². The third-order valence-corrected chi connectivity index (χ3v) is 5.65. The minimum absolute atomic E-state index is 0.0123. The second kappa shape index (κ2) is 9.40. The minimum Gasteiger partial charge on any atom is -0.356 e. The number of rotatable bonds is 7. The van der Waals surface area contributed by atoms with Gasteiger partial charge in [-0.15, -0.1) is 0 Å². The van der Waals surface area contributed by atoms with E-state index in [1.54, 1.807) is 0 Å². The van der Waals surface area contributed by atoms with E-state index in [1.807, 2.05) is 71.6 Å². The Morgan fingerprint density at radius 2 is 1.40 bits per heavy atom. The summed E-state index contributed by atoms with van der Waals surface area (Å²) in [5, 5.41) is 3.07. The lowest BCUT2D eigenvalue weighted by Gasteiger charge is -2.19. The van der Waals surface area contributed by atoms with E-state index in [4.69, 9.17) is 0 Å². The van der Waals surface area contributed by atoms with Crippen LogP contribution in [0.2, 0.25) is 0 Å². The summed E-state index contributed by atoms with van der Waals surface area (Å²) in [5.74, 6) is 0.275. The first-order valence-corrected chi connectivity index (χ1v) is 10.4. The fourth-order valence-corrected chi connectivity index (χ4v) is 4.09. The van der Waals surface area contributed by atoms with Crippen LogP contribution in [0, 0.1) is 5.92 Å². The molecule has 0 saturated carbocycles. The summed E-state index contributed by atoms with van der Waals surface area (Å²) in [6.07, 6.45) is 0.854. The van der Waals surface area contributed by atoms with Crippen molar-refractivity contribution in [2.24, 2.45) is 5.92 Å². The average molecular weight is 399 g/mol. The van der Waals surface area contributed by atoms with Crippen molar-refractivity contribution in [1.82, 2.24) is 5.32 Å². The molecule has 1 aliphatic heterocycles. The molecule has 4 rings (SSSR count). The Morgan fingerprint density at radius 1 is 0.867 bits per heavy atom. The fraction of sp³-hybridized carbons (Fsp3) is 0.231. The van der Waals surface area contributed by atoms with Crippen LogP contribution in [0.4, 0.5) is 5.69 Å². The van der Waals surface area contributed by atoms with Crippen LogP contribution in [0.5, 0.6) is 0 Å². The van der Waals surface area contributed by atoms with Gasteiger partial charge in [-0.3, -0.25) is 9.59 Å². The smallest absolute Gasteiger partial charge is 0.227 e. The molecule has 1 aliphatic rings. The van der Waals surface area contributed by atoms with Crippen LogP contribution >= 0.6 is 0 Å². The van der Waals surface area contributed by atoms with Crippen LogP contribution in [0.3, 0.4) is 0 Å². The molecule has 1 fully saturated rings. The number of hydrogen-bond acceptors (Lipinski definition) is 2. The van der Waals surface area contributed by atoms with Crippen molar-refractivity contribution in [3.8, 4) is 0 Å². The molecular weight excluding hydrogens is 372 g/mol. The number of hydrogen-bond donors (Lipinski definition) is 1. The predicted octanol–water partition coefficient (Wildman–Crippen LogP) is 4.38. The van der Waals surface area contributed by atoms with Crippen molar-refractivity contribution < 1.29 is 9.59 Å². The van der Waals surface area contributed by atoms with Crippen LogP contribution in [0.15, 0.2) is 91.0 Å². The minimum atomic E-state index is 0.0123. The molecule has 30 heavy (non-hydrogen) atoms. The second-order valence-corrected chi connectivity index (χ2v) is 7.79. The number of nitrogens with one attached hydrogen (secondary N) is 1. The van der Waals surface area contributed by atoms with Crippen LogP contribution in [0.1, 0.15) is 29.9 Å². The Morgan fingerprint density at radius 3 is 1.97 bits per heavy atom. The Bertz CT molecular complexity index is 934. The molecule has 4 heteroatoms. The molecule has 4 nitrogen and oxygen atoms in total. The third-order valence-electron chi connectivity index (χ3n) is 5.65. The van der Waals surface area contributed by atoms with Gasteiger partial charge in [0.05, 0.1) is 0 Å². The zero-order valence-electron chi connectivity index (χ0n) is 16.9. The number of nitrogens with zero attached hydrogens (tertiary/aromatic N) is 1. The van der Waals surface area contributed by atoms with E-state index < -0.39 is 0 Å². The SMILES string of the molecule is O=C(CC(c1ccccc1)c1ccccc1)NCC1CC(=O)N(c2ccccc2)C1. The van der Waals surface area contributed by atoms with Crippen molar-refractivity contribution in [3.05, 3.63) is 102 Å². The van der Waals surface area contributed by atoms with E-state index in [9.17, 15) is 9.59 Å². The summed E-state index contributed by atoms with van der Waals surface area (Å²) in [6, 6.07) is 30.0. The maximum atomic E-state index is 12.8. The molecule has 3 aromatic carbocycles. The first kappa shape index (κ1) is 19.9. The van der Waals surface area contributed by atoms with Gasteiger partial charge in [0.25, 0.3) is 0 Å². The monoisotopic (exact) mass is 398 g/mol. The van der Waals surface area contributed by atoms with Crippen molar-refractivity contribution >= 4 is 17.5 Å². The van der Waals surface area contributed by atoms with Gasteiger partial charge < -0.3 is 10.2 Å². The number of anilines is 1. The molecule has 0 bridgehead atoms. The first-order valence-electron chi connectivity index (χ1n) is 10.4. The van der Waals surface area contributed by atoms with Crippen LogP contribution in [-0.4, -0.2) is 24.9 Å². The van der Waals surface area contributed by atoms with Gasteiger partial charge in [-0.05, 0) is 23.3 Å². The number of amides is 2. The molecule has 1 atom stereocenters. The van der Waals surface area contributed by atoms with E-state index in [0.717, 1.165) is 16.8 Å². The highest BCUT2D eigenvalue weighted by Gasteiger charge is 2.30. The number of carbonyl (C=O) groups is 2. The summed E-state index contributed by atoms with van der Waals surface area (Å²) >= 11 is 0. The molecule has 0 spiro atoms. The molecule has 2 amide bonds. The fourth-order valence-electron chi connectivity index (χ4n) is 4.09. The maximum Gasteiger partial charge on any atom is 0.227 e. The maximum absolute atomic E-state index is 12.8. The van der Waals surface area contributed by atoms with Crippen LogP contribution < -0.4 is 10.2 Å². The Balaban J connectivity index is 1.37. The molecule has 0 aliphatic carbocycles. The number of carbonyl (C=O) groups excluding carboxylic acids is 2.